The first-order valence-electron chi connectivity index (χ1n) is 10.6. The van der Waals surface area contributed by atoms with Crippen LogP contribution in [0.2, 0.25) is 0 Å². The van der Waals surface area contributed by atoms with Gasteiger partial charge in [0.1, 0.15) is 16.5 Å². The van der Waals surface area contributed by atoms with Gasteiger partial charge in [-0.15, -0.1) is 11.3 Å². The maximum Gasteiger partial charge on any atom is 0.339 e. The van der Waals surface area contributed by atoms with Crippen molar-refractivity contribution in [2.45, 2.75) is 13.8 Å². The second-order valence-electron chi connectivity index (χ2n) is 7.04. The van der Waals surface area contributed by atoms with Gasteiger partial charge in [-0.05, 0) is 38.1 Å². The van der Waals surface area contributed by atoms with Gasteiger partial charge in [-0.25, -0.2) is 19.6 Å². The Hall–Kier alpha value is -4.18. The van der Waals surface area contributed by atoms with E-state index in [1.54, 1.807) is 37.6 Å². The van der Waals surface area contributed by atoms with E-state index in [0.717, 1.165) is 17.0 Å². The molecule has 0 bridgehead atoms. The minimum Gasteiger partial charge on any atom is -0.462 e. The number of hydrogen-bond acceptors (Lipinski definition) is 8. The van der Waals surface area contributed by atoms with Crippen molar-refractivity contribution in [2.75, 3.05) is 18.5 Å². The highest BCUT2D eigenvalue weighted by atomic mass is 32.1. The number of nitrogens with one attached hydrogen (secondary N) is 2. The molecule has 34 heavy (non-hydrogen) atoms. The highest BCUT2D eigenvalue weighted by Gasteiger charge is 2.17. The van der Waals surface area contributed by atoms with Crippen LogP contribution in [-0.4, -0.2) is 45.1 Å². The molecule has 0 unspecified atom stereocenters. The number of ether oxygens (including phenoxy) is 1. The summed E-state index contributed by atoms with van der Waals surface area (Å²) in [5.41, 5.74) is 3.95. The number of nitrogens with zero attached hydrogens (tertiary/aromatic N) is 4. The molecular weight excluding hydrogens is 452 g/mol. The van der Waals surface area contributed by atoms with Gasteiger partial charge in [-0.2, -0.15) is 0 Å². The number of rotatable bonds is 7. The predicted molar refractivity (Wildman–Crippen MR) is 130 cm³/mol. The first kappa shape index (κ1) is 23.0. The van der Waals surface area contributed by atoms with Crippen LogP contribution in [0.25, 0.3) is 33.1 Å². The Morgan fingerprint density at radius 1 is 1.03 bits per heavy atom. The Morgan fingerprint density at radius 2 is 1.91 bits per heavy atom. The lowest BCUT2D eigenvalue weighted by Crippen LogP contribution is -2.28. The summed E-state index contributed by atoms with van der Waals surface area (Å²) in [5.74, 6) is -0.0821. The highest BCUT2D eigenvalue weighted by Crippen LogP contribution is 2.36. The fourth-order valence-corrected chi connectivity index (χ4v) is 4.04. The normalized spacial score (nSPS) is 10.5. The standard InChI is InChI=1S/C24H22N6O3S/c1-3-26-24(32)30-21-10-17(22-29-20(14-34-22)19-7-5-6-8-27-19)18(13-28-21)15-9-16(12-25-11-15)23(31)33-4-2/h5-14H,3-4H2,1-2H3,(H2,26,28,30,32). The number of anilines is 1. The smallest absolute Gasteiger partial charge is 0.339 e. The van der Waals surface area contributed by atoms with Gasteiger partial charge < -0.3 is 10.1 Å². The van der Waals surface area contributed by atoms with Gasteiger partial charge in [0.2, 0.25) is 0 Å². The van der Waals surface area contributed by atoms with E-state index >= 15 is 0 Å². The Kier molecular flexibility index (Phi) is 7.19. The number of hydrogen-bond donors (Lipinski definition) is 2. The van der Waals surface area contributed by atoms with Crippen LogP contribution in [0.15, 0.2) is 60.5 Å². The van der Waals surface area contributed by atoms with E-state index in [1.165, 1.54) is 17.5 Å². The summed E-state index contributed by atoms with van der Waals surface area (Å²) in [7, 11) is 0. The van der Waals surface area contributed by atoms with Gasteiger partial charge >= 0.3 is 12.0 Å². The molecule has 172 valence electrons. The first-order chi connectivity index (χ1) is 16.6. The molecule has 0 radical (unpaired) electrons. The number of carbonyl (C=O) groups excluding carboxylic acids is 2. The second-order valence-corrected chi connectivity index (χ2v) is 7.89. The number of amides is 2. The summed E-state index contributed by atoms with van der Waals surface area (Å²) >= 11 is 1.44. The summed E-state index contributed by atoms with van der Waals surface area (Å²) in [4.78, 5) is 42.0. The van der Waals surface area contributed by atoms with Crippen LogP contribution < -0.4 is 10.6 Å². The zero-order valence-corrected chi connectivity index (χ0v) is 19.4. The van der Waals surface area contributed by atoms with Crippen molar-refractivity contribution in [3.8, 4) is 33.1 Å². The minimum atomic E-state index is -0.451. The zero-order valence-electron chi connectivity index (χ0n) is 18.6. The minimum absolute atomic E-state index is 0.269. The second kappa shape index (κ2) is 10.6. The molecule has 0 saturated carbocycles. The van der Waals surface area contributed by atoms with E-state index < -0.39 is 5.97 Å². The largest absolute Gasteiger partial charge is 0.462 e. The van der Waals surface area contributed by atoms with Crippen LogP contribution in [0, 0.1) is 0 Å². The third-order valence-corrected chi connectivity index (χ3v) is 5.58. The van der Waals surface area contributed by atoms with Crippen molar-refractivity contribution in [1.29, 1.82) is 0 Å². The molecule has 0 aromatic carbocycles. The predicted octanol–water partition coefficient (Wildman–Crippen LogP) is 4.65. The van der Waals surface area contributed by atoms with Crippen molar-refractivity contribution >= 4 is 29.2 Å². The molecule has 2 amide bonds. The van der Waals surface area contributed by atoms with Gasteiger partial charge in [0.25, 0.3) is 0 Å². The van der Waals surface area contributed by atoms with Crippen LogP contribution in [0.1, 0.15) is 24.2 Å². The molecular formula is C24H22N6O3S. The first-order valence-corrected chi connectivity index (χ1v) is 11.5. The molecule has 0 saturated heterocycles. The van der Waals surface area contributed by atoms with E-state index in [9.17, 15) is 9.59 Å². The lowest BCUT2D eigenvalue weighted by molar-refractivity contribution is 0.0526. The SMILES string of the molecule is CCNC(=O)Nc1cc(-c2nc(-c3ccccn3)cs2)c(-c2cncc(C(=O)OCC)c2)cn1. The summed E-state index contributed by atoms with van der Waals surface area (Å²) < 4.78 is 5.11. The van der Waals surface area contributed by atoms with Crippen LogP contribution >= 0.6 is 11.3 Å². The van der Waals surface area contributed by atoms with E-state index in [4.69, 9.17) is 9.72 Å². The van der Waals surface area contributed by atoms with Crippen LogP contribution in [0.5, 0.6) is 0 Å². The Labute approximate surface area is 200 Å². The maximum atomic E-state index is 12.2. The van der Waals surface area contributed by atoms with Crippen molar-refractivity contribution in [3.05, 3.63) is 66.1 Å². The third-order valence-electron chi connectivity index (χ3n) is 4.71. The maximum absolute atomic E-state index is 12.2. The molecule has 0 aliphatic rings. The van der Waals surface area contributed by atoms with Crippen LogP contribution in [0.4, 0.5) is 10.6 Å². The number of urea groups is 1. The molecule has 9 nitrogen and oxygen atoms in total. The molecule has 0 spiro atoms. The lowest BCUT2D eigenvalue weighted by Gasteiger charge is -2.11. The zero-order chi connectivity index (χ0) is 23.9. The summed E-state index contributed by atoms with van der Waals surface area (Å²) in [5, 5.41) is 8.04. The summed E-state index contributed by atoms with van der Waals surface area (Å²) in [6, 6.07) is 8.74. The van der Waals surface area contributed by atoms with Gasteiger partial charge in [0.05, 0.1) is 17.9 Å². The van der Waals surface area contributed by atoms with E-state index in [2.05, 4.69) is 25.6 Å². The Morgan fingerprint density at radius 3 is 2.68 bits per heavy atom. The Balaban J connectivity index is 1.78. The molecule has 0 aliphatic carbocycles. The summed E-state index contributed by atoms with van der Waals surface area (Å²) in [6.45, 7) is 4.34. The van der Waals surface area contributed by atoms with Crippen molar-refractivity contribution < 1.29 is 14.3 Å². The molecule has 4 aromatic rings. The average molecular weight is 475 g/mol. The van der Waals surface area contributed by atoms with Gasteiger partial charge in [-0.1, -0.05) is 6.07 Å². The van der Waals surface area contributed by atoms with Crippen LogP contribution in [-0.2, 0) is 4.74 Å². The summed E-state index contributed by atoms with van der Waals surface area (Å²) in [6.07, 6.45) is 6.45. The van der Waals surface area contributed by atoms with Gasteiger partial charge in [0, 0.05) is 53.4 Å². The van der Waals surface area contributed by atoms with Crippen molar-refractivity contribution in [1.82, 2.24) is 25.3 Å². The fourth-order valence-electron chi connectivity index (χ4n) is 3.19. The van der Waals surface area contributed by atoms with E-state index in [-0.39, 0.29) is 12.6 Å². The van der Waals surface area contributed by atoms with Gasteiger partial charge in [0.15, 0.2) is 0 Å². The number of thiazole rings is 1. The molecule has 0 atom stereocenters. The number of carbonyl (C=O) groups is 2. The highest BCUT2D eigenvalue weighted by molar-refractivity contribution is 7.13. The molecule has 4 rings (SSSR count). The molecule has 10 heteroatoms. The molecule has 0 fully saturated rings. The lowest BCUT2D eigenvalue weighted by atomic mass is 10.0. The molecule has 4 aromatic heterocycles. The van der Waals surface area contributed by atoms with E-state index in [1.807, 2.05) is 30.5 Å². The number of aromatic nitrogens is 4. The Bertz CT molecular complexity index is 1310. The van der Waals surface area contributed by atoms with Crippen molar-refractivity contribution in [2.24, 2.45) is 0 Å². The average Bonchev–Trinajstić information content (AvgIpc) is 3.35. The molecule has 4 heterocycles. The van der Waals surface area contributed by atoms with Crippen LogP contribution in [0.3, 0.4) is 0 Å². The molecule has 2 N–H and O–H groups in total. The third kappa shape index (κ3) is 5.24. The van der Waals surface area contributed by atoms with E-state index in [0.29, 0.717) is 34.1 Å². The fraction of sp³-hybridized carbons (Fsp3) is 0.167. The molecule has 0 aliphatic heterocycles. The van der Waals surface area contributed by atoms with Gasteiger partial charge in [-0.3, -0.25) is 15.3 Å². The number of pyridine rings is 3. The topological polar surface area (TPSA) is 119 Å². The van der Waals surface area contributed by atoms with Crippen molar-refractivity contribution in [3.63, 3.8) is 0 Å². The number of esters is 1. The monoisotopic (exact) mass is 474 g/mol. The quantitative estimate of drug-likeness (QED) is 0.374.